The first-order valence-electron chi connectivity index (χ1n) is 8.97. The number of hydrogen-bond donors (Lipinski definition) is 1. The van der Waals surface area contributed by atoms with Gasteiger partial charge < -0.3 is 14.8 Å². The van der Waals surface area contributed by atoms with E-state index in [1.54, 1.807) is 18.2 Å². The molecule has 0 spiro atoms. The second kappa shape index (κ2) is 10.4. The molecule has 0 saturated carbocycles. The minimum atomic E-state index is 0.384. The third kappa shape index (κ3) is 6.19. The van der Waals surface area contributed by atoms with Crippen LogP contribution in [0.4, 0.5) is 5.69 Å². The lowest BCUT2D eigenvalue weighted by Crippen LogP contribution is -2.04. The minimum Gasteiger partial charge on any atom is -0.490 e. The van der Waals surface area contributed by atoms with E-state index in [0.717, 1.165) is 21.3 Å². The van der Waals surface area contributed by atoms with E-state index < -0.39 is 0 Å². The molecule has 3 rings (SSSR count). The number of anilines is 1. The Hall–Kier alpha value is -1.59. The maximum Gasteiger partial charge on any atom is 0.175 e. The number of benzene rings is 3. The fraction of sp³-hybridized carbons (Fsp3) is 0.182. The quantitative estimate of drug-likeness (QED) is 0.330. The SMILES string of the molecule is CCOc1cc(CNc2cc(Cl)ccc2Cl)cc(Br)c1OCc1cccc(Cl)c1. The Morgan fingerprint density at radius 1 is 0.897 bits per heavy atom. The third-order valence-corrected chi connectivity index (χ3v) is 5.44. The molecule has 152 valence electrons. The van der Waals surface area contributed by atoms with Gasteiger partial charge in [0.1, 0.15) is 6.61 Å². The highest BCUT2D eigenvalue weighted by Gasteiger charge is 2.13. The molecular formula is C22H19BrCl3NO2. The minimum absolute atomic E-state index is 0.384. The van der Waals surface area contributed by atoms with Crippen LogP contribution in [0.5, 0.6) is 11.5 Å². The number of halogens is 4. The van der Waals surface area contributed by atoms with Crippen molar-refractivity contribution in [2.75, 3.05) is 11.9 Å². The van der Waals surface area contributed by atoms with Crippen LogP contribution in [-0.2, 0) is 13.2 Å². The van der Waals surface area contributed by atoms with Crippen molar-refractivity contribution >= 4 is 56.4 Å². The molecule has 0 unspecified atom stereocenters. The van der Waals surface area contributed by atoms with E-state index in [1.807, 2.05) is 43.3 Å². The smallest absolute Gasteiger partial charge is 0.175 e. The van der Waals surface area contributed by atoms with Gasteiger partial charge in [0.25, 0.3) is 0 Å². The van der Waals surface area contributed by atoms with Gasteiger partial charge in [-0.15, -0.1) is 0 Å². The molecule has 0 saturated heterocycles. The van der Waals surface area contributed by atoms with Gasteiger partial charge in [0, 0.05) is 16.6 Å². The predicted octanol–water partition coefficient (Wildman–Crippen LogP) is 8.00. The molecule has 29 heavy (non-hydrogen) atoms. The molecule has 0 aromatic heterocycles. The average Bonchev–Trinajstić information content (AvgIpc) is 2.68. The van der Waals surface area contributed by atoms with Gasteiger partial charge in [-0.3, -0.25) is 0 Å². The highest BCUT2D eigenvalue weighted by molar-refractivity contribution is 9.10. The number of rotatable bonds is 8. The van der Waals surface area contributed by atoms with E-state index in [9.17, 15) is 0 Å². The van der Waals surface area contributed by atoms with Crippen molar-refractivity contribution in [1.82, 2.24) is 0 Å². The lowest BCUT2D eigenvalue weighted by Gasteiger charge is -2.16. The maximum absolute atomic E-state index is 6.23. The Balaban J connectivity index is 1.77. The summed E-state index contributed by atoms with van der Waals surface area (Å²) in [4.78, 5) is 0. The third-order valence-electron chi connectivity index (χ3n) is 4.05. The summed E-state index contributed by atoms with van der Waals surface area (Å²) in [5.74, 6) is 1.31. The first-order chi connectivity index (χ1) is 14.0. The van der Waals surface area contributed by atoms with Crippen LogP contribution in [0.1, 0.15) is 18.1 Å². The molecule has 3 aromatic carbocycles. The largest absolute Gasteiger partial charge is 0.490 e. The van der Waals surface area contributed by atoms with Crippen molar-refractivity contribution in [3.8, 4) is 11.5 Å². The van der Waals surface area contributed by atoms with E-state index in [4.69, 9.17) is 44.3 Å². The van der Waals surface area contributed by atoms with Crippen molar-refractivity contribution in [3.63, 3.8) is 0 Å². The van der Waals surface area contributed by atoms with Crippen LogP contribution in [-0.4, -0.2) is 6.61 Å². The Kier molecular flexibility index (Phi) is 7.96. The van der Waals surface area contributed by atoms with Crippen molar-refractivity contribution in [2.45, 2.75) is 20.1 Å². The molecule has 0 heterocycles. The second-order valence-corrected chi connectivity index (χ2v) is 8.37. The number of nitrogens with one attached hydrogen (secondary N) is 1. The van der Waals surface area contributed by atoms with Gasteiger partial charge in [-0.1, -0.05) is 46.9 Å². The Bertz CT molecular complexity index is 998. The Morgan fingerprint density at radius 3 is 2.45 bits per heavy atom. The standard InChI is InChI=1S/C22H19BrCl3NO2/c1-2-28-21-10-15(12-27-20-11-17(25)6-7-19(20)26)9-18(23)22(21)29-13-14-4-3-5-16(24)8-14/h3-11,27H,2,12-13H2,1H3. The van der Waals surface area contributed by atoms with Crippen LogP contribution in [0.25, 0.3) is 0 Å². The van der Waals surface area contributed by atoms with Crippen LogP contribution < -0.4 is 14.8 Å². The van der Waals surface area contributed by atoms with Crippen LogP contribution in [0.3, 0.4) is 0 Å². The summed E-state index contributed by atoms with van der Waals surface area (Å²) in [5.41, 5.74) is 2.76. The molecule has 0 fully saturated rings. The lowest BCUT2D eigenvalue weighted by atomic mass is 10.2. The molecule has 0 aliphatic rings. The highest BCUT2D eigenvalue weighted by Crippen LogP contribution is 2.38. The zero-order valence-corrected chi connectivity index (χ0v) is 19.5. The number of hydrogen-bond acceptors (Lipinski definition) is 3. The summed E-state index contributed by atoms with van der Waals surface area (Å²) in [6.07, 6.45) is 0. The number of ether oxygens (including phenoxy) is 2. The van der Waals surface area contributed by atoms with Crippen molar-refractivity contribution in [2.24, 2.45) is 0 Å². The maximum atomic E-state index is 6.23. The zero-order valence-electron chi connectivity index (χ0n) is 15.6. The molecule has 0 bridgehead atoms. The summed E-state index contributed by atoms with van der Waals surface area (Å²) < 4.78 is 12.6. The van der Waals surface area contributed by atoms with Crippen LogP contribution in [0.2, 0.25) is 15.1 Å². The average molecular weight is 516 g/mol. The van der Waals surface area contributed by atoms with Crippen LogP contribution >= 0.6 is 50.7 Å². The van der Waals surface area contributed by atoms with Gasteiger partial charge in [-0.2, -0.15) is 0 Å². The van der Waals surface area contributed by atoms with E-state index in [1.165, 1.54) is 0 Å². The van der Waals surface area contributed by atoms with Gasteiger partial charge in [0.05, 0.1) is 21.8 Å². The molecule has 0 atom stereocenters. The van der Waals surface area contributed by atoms with Gasteiger partial charge >= 0.3 is 0 Å². The Morgan fingerprint density at radius 2 is 1.69 bits per heavy atom. The summed E-state index contributed by atoms with van der Waals surface area (Å²) in [6, 6.07) is 16.8. The molecule has 3 nitrogen and oxygen atoms in total. The molecule has 0 radical (unpaired) electrons. The van der Waals surface area contributed by atoms with Crippen molar-refractivity contribution < 1.29 is 9.47 Å². The van der Waals surface area contributed by atoms with E-state index in [0.29, 0.717) is 46.3 Å². The summed E-state index contributed by atoms with van der Waals surface area (Å²) in [5, 5.41) is 5.21. The first kappa shape index (κ1) is 22.1. The Labute approximate surface area is 194 Å². The molecule has 0 aliphatic heterocycles. The van der Waals surface area contributed by atoms with E-state index in [-0.39, 0.29) is 0 Å². The van der Waals surface area contributed by atoms with Gasteiger partial charge in [0.15, 0.2) is 11.5 Å². The monoisotopic (exact) mass is 513 g/mol. The van der Waals surface area contributed by atoms with Crippen molar-refractivity contribution in [3.05, 3.63) is 85.3 Å². The molecular weight excluding hydrogens is 497 g/mol. The fourth-order valence-corrected chi connectivity index (χ4v) is 3.91. The summed E-state index contributed by atoms with van der Waals surface area (Å²) in [7, 11) is 0. The van der Waals surface area contributed by atoms with Gasteiger partial charge in [0.2, 0.25) is 0 Å². The molecule has 7 heteroatoms. The topological polar surface area (TPSA) is 30.5 Å². The van der Waals surface area contributed by atoms with Gasteiger partial charge in [-0.25, -0.2) is 0 Å². The highest BCUT2D eigenvalue weighted by atomic mass is 79.9. The zero-order chi connectivity index (χ0) is 20.8. The van der Waals surface area contributed by atoms with Gasteiger partial charge in [-0.05, 0) is 76.4 Å². The van der Waals surface area contributed by atoms with Crippen LogP contribution in [0, 0.1) is 0 Å². The van der Waals surface area contributed by atoms with Crippen molar-refractivity contribution in [1.29, 1.82) is 0 Å². The second-order valence-electron chi connectivity index (χ2n) is 6.23. The molecule has 0 aliphatic carbocycles. The lowest BCUT2D eigenvalue weighted by molar-refractivity contribution is 0.267. The molecule has 0 amide bonds. The molecule has 1 N–H and O–H groups in total. The normalized spacial score (nSPS) is 10.7. The summed E-state index contributed by atoms with van der Waals surface area (Å²) >= 11 is 21.9. The van der Waals surface area contributed by atoms with E-state index >= 15 is 0 Å². The fourth-order valence-electron chi connectivity index (χ4n) is 2.74. The summed E-state index contributed by atoms with van der Waals surface area (Å²) in [6.45, 7) is 3.39. The van der Waals surface area contributed by atoms with Crippen LogP contribution in [0.15, 0.2) is 59.1 Å². The van der Waals surface area contributed by atoms with E-state index in [2.05, 4.69) is 21.2 Å². The predicted molar refractivity (Wildman–Crippen MR) is 125 cm³/mol. The molecule has 3 aromatic rings. The first-order valence-corrected chi connectivity index (χ1v) is 10.9.